The average molecular weight is 274 g/mol. The Morgan fingerprint density at radius 3 is 2.79 bits per heavy atom. The van der Waals surface area contributed by atoms with Gasteiger partial charge in [-0.15, -0.1) is 0 Å². The maximum absolute atomic E-state index is 11.1. The second-order valence-electron chi connectivity index (χ2n) is 3.65. The molecule has 1 aliphatic rings. The highest BCUT2D eigenvalue weighted by Gasteiger charge is 2.23. The van der Waals surface area contributed by atoms with Crippen LogP contribution in [0.5, 0.6) is 0 Å². The van der Waals surface area contributed by atoms with E-state index < -0.39 is 0 Å². The molecule has 0 amide bonds. The zero-order valence-electron chi connectivity index (χ0n) is 7.59. The van der Waals surface area contributed by atoms with Crippen molar-refractivity contribution in [1.29, 1.82) is 0 Å². The summed E-state index contributed by atoms with van der Waals surface area (Å²) < 4.78 is 0.909. The molecule has 1 aromatic rings. The highest BCUT2D eigenvalue weighted by Crippen LogP contribution is 2.34. The van der Waals surface area contributed by atoms with Crippen LogP contribution in [-0.2, 0) is 4.79 Å². The third-order valence-corrected chi connectivity index (χ3v) is 3.89. The van der Waals surface area contributed by atoms with Crippen molar-refractivity contribution in [2.45, 2.75) is 25.2 Å². The summed E-state index contributed by atoms with van der Waals surface area (Å²) in [6, 6.07) is 5.94. The van der Waals surface area contributed by atoms with Gasteiger partial charge in [-0.3, -0.25) is 4.79 Å². The summed E-state index contributed by atoms with van der Waals surface area (Å²) in [5, 5.41) is 0.724. The van der Waals surface area contributed by atoms with Gasteiger partial charge in [0.25, 0.3) is 0 Å². The van der Waals surface area contributed by atoms with Gasteiger partial charge in [0, 0.05) is 17.3 Å². The predicted octanol–water partition coefficient (Wildman–Crippen LogP) is 3.94. The molecule has 0 aromatic heterocycles. The summed E-state index contributed by atoms with van der Waals surface area (Å²) >= 11 is 9.35. The Morgan fingerprint density at radius 1 is 1.43 bits per heavy atom. The highest BCUT2D eigenvalue weighted by atomic mass is 79.9. The first kappa shape index (κ1) is 10.2. The number of ketones is 1. The van der Waals surface area contributed by atoms with E-state index in [0.29, 0.717) is 18.1 Å². The van der Waals surface area contributed by atoms with Gasteiger partial charge in [-0.1, -0.05) is 17.7 Å². The molecule has 1 aliphatic carbocycles. The molecule has 1 atom stereocenters. The Kier molecular flexibility index (Phi) is 2.93. The summed E-state index contributed by atoms with van der Waals surface area (Å²) in [5.41, 5.74) is 1.18. The van der Waals surface area contributed by atoms with Gasteiger partial charge in [-0.25, -0.2) is 0 Å². The molecule has 1 unspecified atom stereocenters. The lowest BCUT2D eigenvalue weighted by molar-refractivity contribution is -0.117. The van der Waals surface area contributed by atoms with Crippen molar-refractivity contribution in [1.82, 2.24) is 0 Å². The maximum Gasteiger partial charge on any atom is 0.133 e. The molecular formula is C11H10BrClO. The number of hydrogen-bond acceptors (Lipinski definition) is 1. The number of carbonyl (C=O) groups excluding carboxylic acids is 1. The minimum absolute atomic E-state index is 0.369. The smallest absolute Gasteiger partial charge is 0.133 e. The normalized spacial score (nSPS) is 21.6. The van der Waals surface area contributed by atoms with Gasteiger partial charge < -0.3 is 0 Å². The molecule has 0 aliphatic heterocycles. The van der Waals surface area contributed by atoms with E-state index in [0.717, 1.165) is 22.3 Å². The van der Waals surface area contributed by atoms with Crippen LogP contribution in [0.1, 0.15) is 30.7 Å². The molecule has 0 saturated heterocycles. The van der Waals surface area contributed by atoms with Crippen LogP contribution in [0, 0.1) is 0 Å². The number of halogens is 2. The molecule has 0 N–H and O–H groups in total. The molecule has 1 fully saturated rings. The van der Waals surface area contributed by atoms with Crippen molar-refractivity contribution in [3.8, 4) is 0 Å². The summed E-state index contributed by atoms with van der Waals surface area (Å²) in [6.07, 6.45) is 2.37. The number of benzene rings is 1. The van der Waals surface area contributed by atoms with Crippen molar-refractivity contribution in [2.24, 2.45) is 0 Å². The van der Waals surface area contributed by atoms with Gasteiger partial charge in [0.2, 0.25) is 0 Å². The topological polar surface area (TPSA) is 17.1 Å². The Morgan fingerprint density at radius 2 is 2.21 bits per heavy atom. The van der Waals surface area contributed by atoms with Crippen LogP contribution in [0.3, 0.4) is 0 Å². The van der Waals surface area contributed by atoms with Crippen molar-refractivity contribution in [3.63, 3.8) is 0 Å². The van der Waals surface area contributed by atoms with Crippen LogP contribution in [0.25, 0.3) is 0 Å². The lowest BCUT2D eigenvalue weighted by atomic mass is 9.98. The largest absolute Gasteiger partial charge is 0.300 e. The molecule has 3 heteroatoms. The Labute approximate surface area is 96.6 Å². The fraction of sp³-hybridized carbons (Fsp3) is 0.364. The molecule has 1 nitrogen and oxygen atoms in total. The Bertz CT molecular complexity index is 376. The molecule has 0 radical (unpaired) electrons. The van der Waals surface area contributed by atoms with Crippen LogP contribution in [0.15, 0.2) is 22.7 Å². The molecular weight excluding hydrogens is 263 g/mol. The number of carbonyl (C=O) groups is 1. The van der Waals surface area contributed by atoms with E-state index in [-0.39, 0.29) is 0 Å². The minimum Gasteiger partial charge on any atom is -0.300 e. The van der Waals surface area contributed by atoms with Gasteiger partial charge in [0.15, 0.2) is 0 Å². The Balaban J connectivity index is 2.24. The SMILES string of the molecule is O=C1CCC(c2ccc(Br)c(Cl)c2)C1. The van der Waals surface area contributed by atoms with Gasteiger partial charge in [0.05, 0.1) is 5.02 Å². The quantitative estimate of drug-likeness (QED) is 0.757. The Hall–Kier alpha value is -0.340. The van der Waals surface area contributed by atoms with Crippen molar-refractivity contribution < 1.29 is 4.79 Å². The molecule has 74 valence electrons. The monoisotopic (exact) mass is 272 g/mol. The first-order valence-electron chi connectivity index (χ1n) is 4.63. The van der Waals surface area contributed by atoms with Crippen LogP contribution >= 0.6 is 27.5 Å². The fourth-order valence-corrected chi connectivity index (χ4v) is 2.30. The van der Waals surface area contributed by atoms with Gasteiger partial charge in [-0.2, -0.15) is 0 Å². The zero-order chi connectivity index (χ0) is 10.1. The van der Waals surface area contributed by atoms with E-state index in [4.69, 9.17) is 11.6 Å². The van der Waals surface area contributed by atoms with E-state index in [1.807, 2.05) is 18.2 Å². The minimum atomic E-state index is 0.369. The molecule has 1 saturated carbocycles. The summed E-state index contributed by atoms with van der Waals surface area (Å²) in [7, 11) is 0. The molecule has 0 heterocycles. The number of Topliss-reactive ketones (excluding diaryl/α,β-unsaturated/α-hetero) is 1. The molecule has 14 heavy (non-hydrogen) atoms. The first-order valence-corrected chi connectivity index (χ1v) is 5.80. The third kappa shape index (κ3) is 2.01. The van der Waals surface area contributed by atoms with Crippen molar-refractivity contribution >= 4 is 33.3 Å². The molecule has 2 rings (SSSR count). The maximum atomic E-state index is 11.1. The van der Waals surface area contributed by atoms with E-state index in [1.165, 1.54) is 5.56 Å². The van der Waals surface area contributed by atoms with Gasteiger partial charge in [0.1, 0.15) is 5.78 Å². The standard InChI is InChI=1S/C11H10BrClO/c12-10-4-2-8(6-11(10)13)7-1-3-9(14)5-7/h2,4,6-7H,1,3,5H2. The third-order valence-electron chi connectivity index (χ3n) is 2.66. The molecule has 0 bridgehead atoms. The van der Waals surface area contributed by atoms with E-state index >= 15 is 0 Å². The summed E-state index contributed by atoms with van der Waals surface area (Å²) in [5.74, 6) is 0.752. The second-order valence-corrected chi connectivity index (χ2v) is 4.91. The molecule has 0 spiro atoms. The van der Waals surface area contributed by atoms with E-state index in [9.17, 15) is 4.79 Å². The average Bonchev–Trinajstić information content (AvgIpc) is 2.57. The van der Waals surface area contributed by atoms with Crippen LogP contribution in [-0.4, -0.2) is 5.78 Å². The van der Waals surface area contributed by atoms with E-state index in [1.54, 1.807) is 0 Å². The summed E-state index contributed by atoms with van der Waals surface area (Å²) in [6.45, 7) is 0. The molecule has 1 aromatic carbocycles. The van der Waals surface area contributed by atoms with Gasteiger partial charge >= 0.3 is 0 Å². The second kappa shape index (κ2) is 4.03. The van der Waals surface area contributed by atoms with Crippen LogP contribution in [0.2, 0.25) is 5.02 Å². The fourth-order valence-electron chi connectivity index (χ4n) is 1.86. The highest BCUT2D eigenvalue weighted by molar-refractivity contribution is 9.10. The van der Waals surface area contributed by atoms with E-state index in [2.05, 4.69) is 15.9 Å². The van der Waals surface area contributed by atoms with Crippen LogP contribution in [0.4, 0.5) is 0 Å². The van der Waals surface area contributed by atoms with Crippen LogP contribution < -0.4 is 0 Å². The number of rotatable bonds is 1. The number of hydrogen-bond donors (Lipinski definition) is 0. The lowest BCUT2D eigenvalue weighted by Crippen LogP contribution is -1.94. The summed E-state index contributed by atoms with van der Waals surface area (Å²) in [4.78, 5) is 11.1. The van der Waals surface area contributed by atoms with Gasteiger partial charge in [-0.05, 0) is 46.0 Å². The zero-order valence-corrected chi connectivity index (χ0v) is 9.94. The first-order chi connectivity index (χ1) is 6.66. The van der Waals surface area contributed by atoms with Crippen molar-refractivity contribution in [2.75, 3.05) is 0 Å². The van der Waals surface area contributed by atoms with Crippen molar-refractivity contribution in [3.05, 3.63) is 33.3 Å². The lowest BCUT2D eigenvalue weighted by Gasteiger charge is -2.09. The predicted molar refractivity (Wildman–Crippen MR) is 60.8 cm³/mol.